The molecule has 1 heterocycles. The summed E-state index contributed by atoms with van der Waals surface area (Å²) in [5.74, 6) is 1.09. The van der Waals surface area contributed by atoms with E-state index in [1.807, 2.05) is 12.1 Å². The molecule has 2 aromatic rings. The van der Waals surface area contributed by atoms with Crippen LogP contribution in [0.25, 0.3) is 11.1 Å². The Morgan fingerprint density at radius 2 is 1.64 bits per heavy atom. The second-order valence-corrected chi connectivity index (χ2v) is 5.26. The molecular formula is C17H19ClN2O2. The minimum Gasteiger partial charge on any atom is -0.411 e. The first kappa shape index (κ1) is 16.3. The number of carbonyl (C=O) groups is 1. The molecule has 1 saturated heterocycles. The number of benzene rings is 2. The lowest BCUT2D eigenvalue weighted by molar-refractivity contribution is 0.211. The lowest BCUT2D eigenvalue weighted by Gasteiger charge is -2.10. The molecule has 1 unspecified atom stereocenters. The van der Waals surface area contributed by atoms with E-state index in [0.29, 0.717) is 11.7 Å². The van der Waals surface area contributed by atoms with Gasteiger partial charge in [-0.3, -0.25) is 0 Å². The molecule has 0 saturated carbocycles. The van der Waals surface area contributed by atoms with Gasteiger partial charge in [-0.1, -0.05) is 36.4 Å². The summed E-state index contributed by atoms with van der Waals surface area (Å²) in [6.07, 6.45) is 0.413. The molecule has 0 aliphatic carbocycles. The van der Waals surface area contributed by atoms with Crippen LogP contribution in [0, 0.1) is 0 Å². The number of amides is 1. The van der Waals surface area contributed by atoms with Crippen LogP contribution in [-0.2, 0) is 0 Å². The van der Waals surface area contributed by atoms with E-state index in [0.717, 1.165) is 24.2 Å². The highest BCUT2D eigenvalue weighted by atomic mass is 35.5. The van der Waals surface area contributed by atoms with Crippen LogP contribution in [0.2, 0.25) is 0 Å². The molecule has 0 aromatic heterocycles. The molecule has 1 atom stereocenters. The molecule has 0 bridgehead atoms. The quantitative estimate of drug-likeness (QED) is 0.912. The lowest BCUT2D eigenvalue weighted by Crippen LogP contribution is -2.16. The molecule has 1 amide bonds. The maximum Gasteiger partial charge on any atom is 0.409 e. The maximum atomic E-state index is 10.7. The Morgan fingerprint density at radius 1 is 1.05 bits per heavy atom. The van der Waals surface area contributed by atoms with Crippen LogP contribution in [0.3, 0.4) is 0 Å². The minimum absolute atomic E-state index is 0. The van der Waals surface area contributed by atoms with E-state index >= 15 is 0 Å². The number of hydrogen-bond acceptors (Lipinski definition) is 3. The molecule has 5 heteroatoms. The van der Waals surface area contributed by atoms with Crippen LogP contribution >= 0.6 is 12.4 Å². The summed E-state index contributed by atoms with van der Waals surface area (Å²) in [5.41, 5.74) is 8.60. The summed E-state index contributed by atoms with van der Waals surface area (Å²) in [7, 11) is 0. The van der Waals surface area contributed by atoms with E-state index in [2.05, 4.69) is 29.6 Å². The van der Waals surface area contributed by atoms with Crippen molar-refractivity contribution >= 4 is 18.5 Å². The number of rotatable bonds is 3. The number of hydrogen-bond donors (Lipinski definition) is 2. The monoisotopic (exact) mass is 318 g/mol. The van der Waals surface area contributed by atoms with E-state index < -0.39 is 6.09 Å². The van der Waals surface area contributed by atoms with Crippen LogP contribution in [0.1, 0.15) is 17.9 Å². The van der Waals surface area contributed by atoms with Crippen molar-refractivity contribution in [1.29, 1.82) is 0 Å². The third-order valence-electron chi connectivity index (χ3n) is 3.85. The van der Waals surface area contributed by atoms with Gasteiger partial charge in [-0.05, 0) is 47.7 Å². The Balaban J connectivity index is 0.00000176. The summed E-state index contributed by atoms with van der Waals surface area (Å²) in [4.78, 5) is 10.7. The zero-order valence-electron chi connectivity index (χ0n) is 12.1. The molecule has 0 radical (unpaired) electrons. The predicted molar refractivity (Wildman–Crippen MR) is 89.6 cm³/mol. The van der Waals surface area contributed by atoms with Crippen molar-refractivity contribution in [1.82, 2.24) is 5.32 Å². The largest absolute Gasteiger partial charge is 0.411 e. The van der Waals surface area contributed by atoms with Crippen molar-refractivity contribution in [2.45, 2.75) is 12.3 Å². The van der Waals surface area contributed by atoms with Crippen LogP contribution in [0.5, 0.6) is 5.75 Å². The van der Waals surface area contributed by atoms with Gasteiger partial charge in [-0.15, -0.1) is 12.4 Å². The fraction of sp³-hybridized carbons (Fsp3) is 0.235. The van der Waals surface area contributed by atoms with E-state index in [1.165, 1.54) is 12.0 Å². The van der Waals surface area contributed by atoms with Crippen molar-refractivity contribution < 1.29 is 9.53 Å². The maximum absolute atomic E-state index is 10.7. The fourth-order valence-electron chi connectivity index (χ4n) is 2.72. The molecule has 1 fully saturated rings. The van der Waals surface area contributed by atoms with Crippen LogP contribution < -0.4 is 15.8 Å². The summed E-state index contributed by atoms with van der Waals surface area (Å²) >= 11 is 0. The van der Waals surface area contributed by atoms with Gasteiger partial charge in [-0.2, -0.15) is 0 Å². The standard InChI is InChI=1S/C17H18N2O2.ClH/c18-17(20)21-16-7-5-13(6-8-16)12-1-3-14(4-2-12)15-9-10-19-11-15;/h1-8,15,19H,9-11H2,(H2,18,20);1H. The Bertz CT molecular complexity index is 620. The molecule has 1 aliphatic heterocycles. The van der Waals surface area contributed by atoms with Crippen molar-refractivity contribution in [3.8, 4) is 16.9 Å². The lowest BCUT2D eigenvalue weighted by atomic mass is 9.96. The van der Waals surface area contributed by atoms with Crippen molar-refractivity contribution in [2.24, 2.45) is 5.73 Å². The topological polar surface area (TPSA) is 64.4 Å². The Kier molecular flexibility index (Phi) is 5.41. The van der Waals surface area contributed by atoms with Gasteiger partial charge in [0, 0.05) is 6.54 Å². The SMILES string of the molecule is Cl.NC(=O)Oc1ccc(-c2ccc(C3CCNC3)cc2)cc1. The molecule has 3 rings (SSSR count). The second-order valence-electron chi connectivity index (χ2n) is 5.26. The number of nitrogens with two attached hydrogens (primary N) is 1. The molecule has 1 aliphatic rings. The summed E-state index contributed by atoms with van der Waals surface area (Å²) in [6, 6.07) is 16.0. The van der Waals surface area contributed by atoms with Gasteiger partial charge < -0.3 is 15.8 Å². The van der Waals surface area contributed by atoms with Gasteiger partial charge in [0.2, 0.25) is 0 Å². The van der Waals surface area contributed by atoms with Gasteiger partial charge in [0.1, 0.15) is 5.75 Å². The van der Waals surface area contributed by atoms with E-state index in [4.69, 9.17) is 10.5 Å². The van der Waals surface area contributed by atoms with Crippen LogP contribution in [-0.4, -0.2) is 19.2 Å². The highest BCUT2D eigenvalue weighted by Gasteiger charge is 2.16. The average molecular weight is 319 g/mol. The Hall–Kier alpha value is -2.04. The van der Waals surface area contributed by atoms with E-state index in [9.17, 15) is 4.79 Å². The van der Waals surface area contributed by atoms with E-state index in [1.54, 1.807) is 12.1 Å². The fourth-order valence-corrected chi connectivity index (χ4v) is 2.72. The van der Waals surface area contributed by atoms with Crippen LogP contribution in [0.4, 0.5) is 4.79 Å². The van der Waals surface area contributed by atoms with Crippen LogP contribution in [0.15, 0.2) is 48.5 Å². The predicted octanol–water partition coefficient (Wildman–Crippen LogP) is 3.31. The van der Waals surface area contributed by atoms with Gasteiger partial charge in [-0.25, -0.2) is 4.79 Å². The first-order chi connectivity index (χ1) is 10.2. The molecule has 4 nitrogen and oxygen atoms in total. The number of halogens is 1. The Morgan fingerprint density at radius 3 is 2.14 bits per heavy atom. The highest BCUT2D eigenvalue weighted by molar-refractivity contribution is 5.85. The van der Waals surface area contributed by atoms with Gasteiger partial charge >= 0.3 is 6.09 Å². The number of ether oxygens (including phenoxy) is 1. The van der Waals surface area contributed by atoms with Gasteiger partial charge in [0.15, 0.2) is 0 Å². The molecule has 2 aromatic carbocycles. The third kappa shape index (κ3) is 3.78. The summed E-state index contributed by atoms with van der Waals surface area (Å²) in [6.45, 7) is 2.17. The van der Waals surface area contributed by atoms with Gasteiger partial charge in [0.05, 0.1) is 0 Å². The summed E-state index contributed by atoms with van der Waals surface area (Å²) < 4.78 is 4.82. The van der Waals surface area contributed by atoms with Gasteiger partial charge in [0.25, 0.3) is 0 Å². The Labute approximate surface area is 136 Å². The van der Waals surface area contributed by atoms with E-state index in [-0.39, 0.29) is 12.4 Å². The molecule has 22 heavy (non-hydrogen) atoms. The molecule has 3 N–H and O–H groups in total. The molecule has 0 spiro atoms. The summed E-state index contributed by atoms with van der Waals surface area (Å²) in [5, 5.41) is 3.39. The third-order valence-corrected chi connectivity index (χ3v) is 3.85. The molecule has 116 valence electrons. The first-order valence-corrected chi connectivity index (χ1v) is 7.11. The number of nitrogens with one attached hydrogen (secondary N) is 1. The average Bonchev–Trinajstić information content (AvgIpc) is 3.02. The zero-order chi connectivity index (χ0) is 14.7. The smallest absolute Gasteiger partial charge is 0.409 e. The molecular weight excluding hydrogens is 300 g/mol. The normalized spacial score (nSPS) is 16.8. The van der Waals surface area contributed by atoms with Crippen molar-refractivity contribution in [3.05, 3.63) is 54.1 Å². The van der Waals surface area contributed by atoms with Crippen molar-refractivity contribution in [2.75, 3.05) is 13.1 Å². The zero-order valence-corrected chi connectivity index (χ0v) is 12.9. The highest BCUT2D eigenvalue weighted by Crippen LogP contribution is 2.27. The second kappa shape index (κ2) is 7.29. The minimum atomic E-state index is -0.794. The van der Waals surface area contributed by atoms with Crippen molar-refractivity contribution in [3.63, 3.8) is 0 Å². The first-order valence-electron chi connectivity index (χ1n) is 7.11. The number of carbonyl (C=O) groups excluding carboxylic acids is 1. The number of primary amides is 1.